The van der Waals surface area contributed by atoms with E-state index in [4.69, 9.17) is 5.11 Å². The Bertz CT molecular complexity index is 533. The first-order valence-electron chi connectivity index (χ1n) is 5.01. The Morgan fingerprint density at radius 1 is 1.59 bits per heavy atom. The zero-order chi connectivity index (χ0) is 12.4. The van der Waals surface area contributed by atoms with Crippen molar-refractivity contribution < 1.29 is 9.90 Å². The van der Waals surface area contributed by atoms with Crippen LogP contribution in [0.15, 0.2) is 17.6 Å². The monoisotopic (exact) mass is 268 g/mol. The molecule has 0 aliphatic rings. The second kappa shape index (κ2) is 4.85. The van der Waals surface area contributed by atoms with Crippen molar-refractivity contribution in [1.82, 2.24) is 4.98 Å². The number of thiophene rings is 1. The van der Waals surface area contributed by atoms with Crippen molar-refractivity contribution in [3.05, 3.63) is 33.0 Å². The van der Waals surface area contributed by atoms with Crippen LogP contribution >= 0.6 is 22.7 Å². The van der Waals surface area contributed by atoms with Crippen LogP contribution in [0.1, 0.15) is 20.1 Å². The summed E-state index contributed by atoms with van der Waals surface area (Å²) in [6.45, 7) is 2.83. The third-order valence-corrected chi connectivity index (χ3v) is 4.49. The first-order valence-corrected chi connectivity index (χ1v) is 6.71. The molecule has 2 aromatic heterocycles. The smallest absolute Gasteiger partial charge is 0.347 e. The Morgan fingerprint density at radius 3 is 2.88 bits per heavy atom. The van der Waals surface area contributed by atoms with Gasteiger partial charge in [0.15, 0.2) is 5.13 Å². The van der Waals surface area contributed by atoms with Gasteiger partial charge in [0.25, 0.3) is 0 Å². The van der Waals surface area contributed by atoms with Crippen molar-refractivity contribution in [3.8, 4) is 0 Å². The lowest BCUT2D eigenvalue weighted by atomic mass is 10.3. The van der Waals surface area contributed by atoms with E-state index < -0.39 is 5.97 Å². The molecule has 0 amide bonds. The van der Waals surface area contributed by atoms with Gasteiger partial charge in [0.2, 0.25) is 0 Å². The second-order valence-electron chi connectivity index (χ2n) is 3.70. The molecule has 6 heteroatoms. The Hall–Kier alpha value is -1.40. The number of hydrogen-bond acceptors (Lipinski definition) is 5. The quantitative estimate of drug-likeness (QED) is 0.926. The fourth-order valence-electron chi connectivity index (χ4n) is 1.39. The molecular formula is C11H12N2O2S2. The number of aromatic nitrogens is 1. The summed E-state index contributed by atoms with van der Waals surface area (Å²) in [7, 11) is 1.92. The van der Waals surface area contributed by atoms with E-state index in [2.05, 4.69) is 23.4 Å². The summed E-state index contributed by atoms with van der Waals surface area (Å²) in [6.07, 6.45) is 1.40. The average Bonchev–Trinajstić information content (AvgIpc) is 2.88. The summed E-state index contributed by atoms with van der Waals surface area (Å²) in [5.41, 5.74) is 1.26. The number of carboxylic acid groups (broad SMARTS) is 1. The SMILES string of the molecule is Cc1ccsc1CN(C)c1ncc(C(=O)O)s1. The minimum Gasteiger partial charge on any atom is -0.477 e. The summed E-state index contributed by atoms with van der Waals surface area (Å²) in [6, 6.07) is 2.08. The van der Waals surface area contributed by atoms with Crippen LogP contribution in [0.3, 0.4) is 0 Å². The summed E-state index contributed by atoms with van der Waals surface area (Å²) >= 11 is 2.90. The molecule has 17 heavy (non-hydrogen) atoms. The van der Waals surface area contributed by atoms with Crippen molar-refractivity contribution >= 4 is 33.8 Å². The van der Waals surface area contributed by atoms with Crippen molar-refractivity contribution in [3.63, 3.8) is 0 Å². The van der Waals surface area contributed by atoms with Crippen LogP contribution in [0.25, 0.3) is 0 Å². The number of hydrogen-bond donors (Lipinski definition) is 1. The van der Waals surface area contributed by atoms with Gasteiger partial charge in [-0.2, -0.15) is 0 Å². The molecule has 0 saturated carbocycles. The van der Waals surface area contributed by atoms with E-state index in [-0.39, 0.29) is 4.88 Å². The fraction of sp³-hybridized carbons (Fsp3) is 0.273. The van der Waals surface area contributed by atoms with Gasteiger partial charge in [-0.15, -0.1) is 11.3 Å². The number of rotatable bonds is 4. The van der Waals surface area contributed by atoms with Gasteiger partial charge in [-0.25, -0.2) is 9.78 Å². The van der Waals surface area contributed by atoms with Crippen molar-refractivity contribution in [1.29, 1.82) is 0 Å². The highest BCUT2D eigenvalue weighted by atomic mass is 32.1. The van der Waals surface area contributed by atoms with Crippen LogP contribution in [0.2, 0.25) is 0 Å². The van der Waals surface area contributed by atoms with Gasteiger partial charge in [-0.3, -0.25) is 0 Å². The first-order chi connectivity index (χ1) is 8.08. The lowest BCUT2D eigenvalue weighted by Gasteiger charge is -2.14. The zero-order valence-electron chi connectivity index (χ0n) is 9.51. The topological polar surface area (TPSA) is 53.4 Å². The van der Waals surface area contributed by atoms with Gasteiger partial charge < -0.3 is 10.0 Å². The van der Waals surface area contributed by atoms with Crippen LogP contribution in [0.4, 0.5) is 5.13 Å². The van der Waals surface area contributed by atoms with E-state index in [0.29, 0.717) is 0 Å². The number of aryl methyl sites for hydroxylation is 1. The Balaban J connectivity index is 2.12. The molecule has 0 atom stereocenters. The molecule has 2 aromatic rings. The summed E-state index contributed by atoms with van der Waals surface area (Å²) in [5.74, 6) is -0.922. The highest BCUT2D eigenvalue weighted by Crippen LogP contribution is 2.25. The third-order valence-electron chi connectivity index (χ3n) is 2.38. The number of thiazole rings is 1. The molecule has 0 bridgehead atoms. The van der Waals surface area contributed by atoms with Gasteiger partial charge in [-0.1, -0.05) is 11.3 Å². The van der Waals surface area contributed by atoms with E-state index in [1.54, 1.807) is 11.3 Å². The molecular weight excluding hydrogens is 256 g/mol. The normalized spacial score (nSPS) is 10.5. The standard InChI is InChI=1S/C11H12N2O2S2/c1-7-3-4-16-9(7)6-13(2)11-12-5-8(17-11)10(14)15/h3-5H,6H2,1-2H3,(H,14,15). The number of nitrogens with zero attached hydrogens (tertiary/aromatic N) is 2. The number of anilines is 1. The van der Waals surface area contributed by atoms with Gasteiger partial charge in [0.1, 0.15) is 4.88 Å². The van der Waals surface area contributed by atoms with Crippen molar-refractivity contribution in [2.24, 2.45) is 0 Å². The maximum atomic E-state index is 10.8. The molecule has 0 saturated heterocycles. The van der Waals surface area contributed by atoms with Gasteiger partial charge in [0, 0.05) is 11.9 Å². The lowest BCUT2D eigenvalue weighted by Crippen LogP contribution is -2.15. The predicted octanol–water partition coefficient (Wildman–Crippen LogP) is 2.85. The number of aromatic carboxylic acids is 1. The average molecular weight is 268 g/mol. The van der Waals surface area contributed by atoms with Gasteiger partial charge >= 0.3 is 5.97 Å². The first kappa shape index (κ1) is 12.1. The number of carboxylic acids is 1. The molecule has 0 radical (unpaired) electrons. The van der Waals surface area contributed by atoms with Crippen molar-refractivity contribution in [2.45, 2.75) is 13.5 Å². The largest absolute Gasteiger partial charge is 0.477 e. The van der Waals surface area contributed by atoms with Crippen LogP contribution in [-0.4, -0.2) is 23.1 Å². The van der Waals surface area contributed by atoms with Gasteiger partial charge in [-0.05, 0) is 23.9 Å². The fourth-order valence-corrected chi connectivity index (χ4v) is 3.06. The summed E-state index contributed by atoms with van der Waals surface area (Å²) < 4.78 is 0. The van der Waals surface area contributed by atoms with E-state index >= 15 is 0 Å². The van der Waals surface area contributed by atoms with Crippen LogP contribution in [-0.2, 0) is 6.54 Å². The maximum Gasteiger partial charge on any atom is 0.347 e. The van der Waals surface area contributed by atoms with E-state index in [9.17, 15) is 4.79 Å². The molecule has 0 aliphatic carbocycles. The minimum atomic E-state index is -0.922. The van der Waals surface area contributed by atoms with Gasteiger partial charge in [0.05, 0.1) is 12.7 Å². The Kier molecular flexibility index (Phi) is 3.44. The van der Waals surface area contributed by atoms with E-state index in [0.717, 1.165) is 11.7 Å². The van der Waals surface area contributed by atoms with Crippen LogP contribution in [0, 0.1) is 6.92 Å². The van der Waals surface area contributed by atoms with Crippen LogP contribution in [0.5, 0.6) is 0 Å². The minimum absolute atomic E-state index is 0.273. The van der Waals surface area contributed by atoms with Crippen LogP contribution < -0.4 is 4.90 Å². The molecule has 0 aliphatic heterocycles. The maximum absolute atomic E-state index is 10.8. The zero-order valence-corrected chi connectivity index (χ0v) is 11.1. The Labute approximate surface area is 107 Å². The van der Waals surface area contributed by atoms with Crippen molar-refractivity contribution in [2.75, 3.05) is 11.9 Å². The molecule has 0 aromatic carbocycles. The molecule has 90 valence electrons. The molecule has 1 N–H and O–H groups in total. The predicted molar refractivity (Wildman–Crippen MR) is 70.2 cm³/mol. The molecule has 0 spiro atoms. The lowest BCUT2D eigenvalue weighted by molar-refractivity contribution is 0.0702. The molecule has 0 unspecified atom stereocenters. The highest BCUT2D eigenvalue weighted by molar-refractivity contribution is 7.17. The second-order valence-corrected chi connectivity index (χ2v) is 5.70. The summed E-state index contributed by atoms with van der Waals surface area (Å²) in [5, 5.41) is 11.6. The molecule has 4 nitrogen and oxygen atoms in total. The Morgan fingerprint density at radius 2 is 2.35 bits per heavy atom. The molecule has 2 heterocycles. The molecule has 2 rings (SSSR count). The third kappa shape index (κ3) is 2.65. The molecule has 0 fully saturated rings. The van der Waals surface area contributed by atoms with E-state index in [1.165, 1.54) is 28.0 Å². The number of carbonyl (C=O) groups is 1. The highest BCUT2D eigenvalue weighted by Gasteiger charge is 2.12. The van der Waals surface area contributed by atoms with E-state index in [1.807, 2.05) is 11.9 Å². The summed E-state index contributed by atoms with van der Waals surface area (Å²) in [4.78, 5) is 18.4.